The Morgan fingerprint density at radius 1 is 1.32 bits per heavy atom. The van der Waals surface area contributed by atoms with E-state index in [2.05, 4.69) is 32.2 Å². The second-order valence-corrected chi connectivity index (χ2v) is 6.07. The highest BCUT2D eigenvalue weighted by Gasteiger charge is 2.20. The van der Waals surface area contributed by atoms with Crippen molar-refractivity contribution in [2.75, 3.05) is 26.7 Å². The van der Waals surface area contributed by atoms with Crippen LogP contribution in [0.1, 0.15) is 31.7 Å². The van der Waals surface area contributed by atoms with Gasteiger partial charge in [-0.05, 0) is 32.0 Å². The molecule has 25 heavy (non-hydrogen) atoms. The lowest BCUT2D eigenvalue weighted by Gasteiger charge is -2.35. The van der Waals surface area contributed by atoms with Crippen molar-refractivity contribution in [1.82, 2.24) is 15.5 Å². The zero-order chi connectivity index (χ0) is 18.1. The van der Waals surface area contributed by atoms with Crippen molar-refractivity contribution in [3.05, 3.63) is 29.8 Å². The number of likely N-dealkylation sites (tertiary alicyclic amines) is 1. The van der Waals surface area contributed by atoms with E-state index in [0.29, 0.717) is 24.1 Å². The molecule has 1 saturated heterocycles. The maximum atomic E-state index is 12.5. The molecule has 1 aliphatic rings. The third kappa shape index (κ3) is 6.16. The van der Waals surface area contributed by atoms with Crippen LogP contribution >= 0.6 is 0 Å². The number of piperidine rings is 1. The van der Waals surface area contributed by atoms with Crippen LogP contribution in [0.2, 0.25) is 0 Å². The molecule has 1 heterocycles. The Kier molecular flexibility index (Phi) is 7.91. The fourth-order valence-electron chi connectivity index (χ4n) is 3.18. The molecule has 2 N–H and O–H groups in total. The molecule has 2 rings (SSSR count). The quantitative estimate of drug-likeness (QED) is 0.584. The number of rotatable bonds is 7. The minimum atomic E-state index is -2.83. The van der Waals surface area contributed by atoms with E-state index in [0.717, 1.165) is 19.6 Å². The van der Waals surface area contributed by atoms with Crippen LogP contribution < -0.4 is 15.4 Å². The molecule has 0 spiro atoms. The van der Waals surface area contributed by atoms with E-state index in [1.165, 1.54) is 19.3 Å². The Labute approximate surface area is 148 Å². The molecule has 1 unspecified atom stereocenters. The van der Waals surface area contributed by atoms with Gasteiger partial charge < -0.3 is 15.4 Å². The van der Waals surface area contributed by atoms with E-state index in [9.17, 15) is 8.78 Å². The third-order valence-corrected chi connectivity index (χ3v) is 4.52. The lowest BCUT2D eigenvalue weighted by molar-refractivity contribution is -0.0504. The van der Waals surface area contributed by atoms with E-state index in [-0.39, 0.29) is 5.75 Å². The van der Waals surface area contributed by atoms with Gasteiger partial charge in [-0.2, -0.15) is 8.78 Å². The molecule has 1 fully saturated rings. The molecular weight excluding hydrogens is 326 g/mol. The first-order chi connectivity index (χ1) is 12.1. The average Bonchev–Trinajstić information content (AvgIpc) is 2.63. The summed E-state index contributed by atoms with van der Waals surface area (Å²) in [7, 11) is 1.70. The van der Waals surface area contributed by atoms with Crippen molar-refractivity contribution in [3.8, 4) is 5.75 Å². The minimum Gasteiger partial charge on any atom is -0.434 e. The van der Waals surface area contributed by atoms with E-state index in [1.54, 1.807) is 31.3 Å². The molecule has 0 saturated carbocycles. The summed E-state index contributed by atoms with van der Waals surface area (Å²) in [6, 6.07) is 7.29. The molecule has 1 aromatic rings. The van der Waals surface area contributed by atoms with Crippen molar-refractivity contribution in [2.24, 2.45) is 4.99 Å². The second-order valence-electron chi connectivity index (χ2n) is 6.07. The van der Waals surface area contributed by atoms with Crippen molar-refractivity contribution < 1.29 is 13.5 Å². The number of hydrogen-bond donors (Lipinski definition) is 2. The molecule has 1 aromatic carbocycles. The van der Waals surface area contributed by atoms with Crippen LogP contribution in [-0.2, 0) is 6.54 Å². The predicted octanol–water partition coefficient (Wildman–Crippen LogP) is 2.83. The van der Waals surface area contributed by atoms with Gasteiger partial charge in [-0.25, -0.2) is 0 Å². The van der Waals surface area contributed by atoms with Gasteiger partial charge >= 0.3 is 6.61 Å². The van der Waals surface area contributed by atoms with Gasteiger partial charge in [-0.3, -0.25) is 9.89 Å². The number of para-hydroxylation sites is 1. The summed E-state index contributed by atoms with van der Waals surface area (Å²) in [5, 5.41) is 6.51. The second kappa shape index (κ2) is 10.2. The van der Waals surface area contributed by atoms with Crippen LogP contribution in [0.25, 0.3) is 0 Å². The number of alkyl halides is 2. The highest BCUT2D eigenvalue weighted by molar-refractivity contribution is 5.79. The van der Waals surface area contributed by atoms with Gasteiger partial charge in [0.15, 0.2) is 5.96 Å². The third-order valence-electron chi connectivity index (χ3n) is 4.52. The normalized spacial score (nSPS) is 19.1. The van der Waals surface area contributed by atoms with E-state index >= 15 is 0 Å². The summed E-state index contributed by atoms with van der Waals surface area (Å²) in [5.41, 5.74) is 0.665. The van der Waals surface area contributed by atoms with Crippen LogP contribution in [0, 0.1) is 0 Å². The number of nitrogens with zero attached hydrogens (tertiary/aromatic N) is 2. The molecule has 140 valence electrons. The fourth-order valence-corrected chi connectivity index (χ4v) is 3.18. The van der Waals surface area contributed by atoms with E-state index < -0.39 is 6.61 Å². The van der Waals surface area contributed by atoms with Crippen molar-refractivity contribution in [1.29, 1.82) is 0 Å². The standard InChI is InChI=1S/C18H28F2N4O/c1-3-24-11-7-6-9-15(24)13-23-18(21-2)22-12-14-8-4-5-10-16(14)25-17(19)20/h4-5,8,10,15,17H,3,6-7,9,11-13H2,1-2H3,(H2,21,22,23). The number of guanidine groups is 1. The molecule has 0 aromatic heterocycles. The first kappa shape index (κ1) is 19.4. The van der Waals surface area contributed by atoms with Gasteiger partial charge in [0.25, 0.3) is 0 Å². The Bertz CT molecular complexity index is 554. The number of halogens is 2. The smallest absolute Gasteiger partial charge is 0.387 e. The molecule has 0 radical (unpaired) electrons. The van der Waals surface area contributed by atoms with Crippen molar-refractivity contribution >= 4 is 5.96 Å². The number of ether oxygens (including phenoxy) is 1. The number of aliphatic imine (C=N–C) groups is 1. The van der Waals surface area contributed by atoms with Crippen LogP contribution in [0.4, 0.5) is 8.78 Å². The fraction of sp³-hybridized carbons (Fsp3) is 0.611. The number of hydrogen-bond acceptors (Lipinski definition) is 3. The maximum absolute atomic E-state index is 12.5. The lowest BCUT2D eigenvalue weighted by atomic mass is 10.0. The SMILES string of the molecule is CCN1CCCCC1CNC(=NC)NCc1ccccc1OC(F)F. The van der Waals surface area contributed by atoms with E-state index in [4.69, 9.17) is 0 Å². The van der Waals surface area contributed by atoms with Crippen LogP contribution in [0.5, 0.6) is 5.75 Å². The summed E-state index contributed by atoms with van der Waals surface area (Å²) in [5.74, 6) is 0.846. The average molecular weight is 354 g/mol. The molecule has 1 aliphatic heterocycles. The summed E-state index contributed by atoms with van der Waals surface area (Å²) in [6.45, 7) is 2.74. The Morgan fingerprint density at radius 2 is 2.12 bits per heavy atom. The summed E-state index contributed by atoms with van der Waals surface area (Å²) in [6.07, 6.45) is 3.70. The minimum absolute atomic E-state index is 0.185. The summed E-state index contributed by atoms with van der Waals surface area (Å²) in [4.78, 5) is 6.70. The van der Waals surface area contributed by atoms with Gasteiger partial charge in [0.05, 0.1) is 0 Å². The molecule has 1 atom stereocenters. The van der Waals surface area contributed by atoms with Crippen LogP contribution in [-0.4, -0.2) is 50.2 Å². The molecule has 0 aliphatic carbocycles. The first-order valence-corrected chi connectivity index (χ1v) is 8.85. The molecule has 5 nitrogen and oxygen atoms in total. The number of likely N-dealkylation sites (N-methyl/N-ethyl adjacent to an activating group) is 1. The van der Waals surface area contributed by atoms with Gasteiger partial charge in [0.1, 0.15) is 5.75 Å². The highest BCUT2D eigenvalue weighted by Crippen LogP contribution is 2.20. The molecule has 0 amide bonds. The van der Waals surface area contributed by atoms with Crippen molar-refractivity contribution in [2.45, 2.75) is 45.4 Å². The Balaban J connectivity index is 1.86. The van der Waals surface area contributed by atoms with Gasteiger partial charge in [-0.1, -0.05) is 31.5 Å². The lowest BCUT2D eigenvalue weighted by Crippen LogP contribution is -2.48. The molecule has 0 bridgehead atoms. The monoisotopic (exact) mass is 354 g/mol. The zero-order valence-electron chi connectivity index (χ0n) is 15.0. The van der Waals surface area contributed by atoms with E-state index in [1.807, 2.05) is 0 Å². The topological polar surface area (TPSA) is 48.9 Å². The predicted molar refractivity (Wildman–Crippen MR) is 96.2 cm³/mol. The summed E-state index contributed by atoms with van der Waals surface area (Å²) < 4.78 is 29.5. The largest absolute Gasteiger partial charge is 0.434 e. The number of benzene rings is 1. The maximum Gasteiger partial charge on any atom is 0.387 e. The highest BCUT2D eigenvalue weighted by atomic mass is 19.3. The molecular formula is C18H28F2N4O. The van der Waals surface area contributed by atoms with Crippen LogP contribution in [0.3, 0.4) is 0 Å². The number of nitrogens with one attached hydrogen (secondary N) is 2. The van der Waals surface area contributed by atoms with Gasteiger partial charge in [0, 0.05) is 31.7 Å². The van der Waals surface area contributed by atoms with Gasteiger partial charge in [0.2, 0.25) is 0 Å². The Morgan fingerprint density at radius 3 is 2.84 bits per heavy atom. The van der Waals surface area contributed by atoms with Gasteiger partial charge in [-0.15, -0.1) is 0 Å². The van der Waals surface area contributed by atoms with Crippen molar-refractivity contribution in [3.63, 3.8) is 0 Å². The summed E-state index contributed by atoms with van der Waals surface area (Å²) >= 11 is 0. The first-order valence-electron chi connectivity index (χ1n) is 8.85. The molecule has 7 heteroatoms. The van der Waals surface area contributed by atoms with Crippen LogP contribution in [0.15, 0.2) is 29.3 Å². The Hall–Kier alpha value is -1.89. The zero-order valence-corrected chi connectivity index (χ0v) is 15.0.